The number of carbonyl (C=O) groups is 1. The van der Waals surface area contributed by atoms with Gasteiger partial charge in [0.15, 0.2) is 12.4 Å². The Morgan fingerprint density at radius 3 is 2.68 bits per heavy atom. The van der Waals surface area contributed by atoms with Crippen molar-refractivity contribution < 1.29 is 32.0 Å². The van der Waals surface area contributed by atoms with Gasteiger partial charge in [-0.15, -0.1) is 0 Å². The fourth-order valence-corrected chi connectivity index (χ4v) is 2.50. The lowest BCUT2D eigenvalue weighted by molar-refractivity contribution is -0.385. The molecule has 1 heterocycles. The molecule has 31 heavy (non-hydrogen) atoms. The van der Waals surface area contributed by atoms with E-state index in [2.05, 4.69) is 10.5 Å². The molecule has 0 aliphatic rings. The van der Waals surface area contributed by atoms with Crippen LogP contribution in [-0.2, 0) is 11.0 Å². The monoisotopic (exact) mass is 433 g/mol. The zero-order valence-electron chi connectivity index (χ0n) is 15.6. The van der Waals surface area contributed by atoms with Gasteiger partial charge in [0.25, 0.3) is 5.91 Å². The van der Waals surface area contributed by atoms with Crippen molar-refractivity contribution in [3.8, 4) is 17.1 Å². The summed E-state index contributed by atoms with van der Waals surface area (Å²) in [6, 6.07) is 13.2. The Labute approximate surface area is 173 Å². The molecular formula is C20H14F3N3O5. The number of para-hydroxylation sites is 2. The molecule has 0 aliphatic heterocycles. The van der Waals surface area contributed by atoms with E-state index in [-0.39, 0.29) is 28.5 Å². The van der Waals surface area contributed by atoms with Crippen molar-refractivity contribution in [1.29, 1.82) is 0 Å². The molecule has 8 nitrogen and oxygen atoms in total. The zero-order valence-corrected chi connectivity index (χ0v) is 15.6. The number of rotatable bonds is 7. The molecule has 0 aliphatic carbocycles. The Morgan fingerprint density at radius 1 is 1.16 bits per heavy atom. The first kappa shape index (κ1) is 21.6. The van der Waals surface area contributed by atoms with Gasteiger partial charge in [0.05, 0.1) is 16.7 Å². The first-order chi connectivity index (χ1) is 14.7. The average Bonchev–Trinajstić information content (AvgIpc) is 3.21. The molecule has 0 unspecified atom stereocenters. The van der Waals surface area contributed by atoms with Crippen LogP contribution in [-0.4, -0.2) is 23.7 Å². The fourth-order valence-electron chi connectivity index (χ4n) is 2.50. The molecule has 0 saturated heterocycles. The highest BCUT2D eigenvalue weighted by Gasteiger charge is 2.30. The van der Waals surface area contributed by atoms with E-state index in [1.165, 1.54) is 48.5 Å². The quantitative estimate of drug-likeness (QED) is 0.338. The van der Waals surface area contributed by atoms with Crippen LogP contribution in [0.2, 0.25) is 0 Å². The lowest BCUT2D eigenvalue weighted by atomic mass is 10.1. The number of benzene rings is 2. The minimum absolute atomic E-state index is 0.0663. The van der Waals surface area contributed by atoms with Gasteiger partial charge in [0, 0.05) is 11.6 Å². The minimum atomic E-state index is -4.47. The number of nitro benzene ring substituents is 1. The van der Waals surface area contributed by atoms with Crippen molar-refractivity contribution in [3.63, 3.8) is 0 Å². The summed E-state index contributed by atoms with van der Waals surface area (Å²) in [5.74, 6) is -0.367. The van der Waals surface area contributed by atoms with Crippen LogP contribution in [0.1, 0.15) is 11.3 Å². The molecule has 0 spiro atoms. The Hall–Kier alpha value is -4.15. The van der Waals surface area contributed by atoms with E-state index in [4.69, 9.17) is 9.15 Å². The second-order valence-corrected chi connectivity index (χ2v) is 6.09. The molecular weight excluding hydrogens is 419 g/mol. The van der Waals surface area contributed by atoms with Gasteiger partial charge in [-0.3, -0.25) is 14.9 Å². The Balaban J connectivity index is 1.57. The predicted octanol–water partition coefficient (Wildman–Crippen LogP) is 4.40. The van der Waals surface area contributed by atoms with E-state index in [1.54, 1.807) is 0 Å². The summed E-state index contributed by atoms with van der Waals surface area (Å²) in [6.45, 7) is -0.518. The Bertz CT molecular complexity index is 1120. The third-order valence-electron chi connectivity index (χ3n) is 3.90. The van der Waals surface area contributed by atoms with Crippen LogP contribution in [0.5, 0.6) is 5.75 Å². The van der Waals surface area contributed by atoms with Crippen LogP contribution in [0.15, 0.2) is 70.2 Å². The van der Waals surface area contributed by atoms with Crippen LogP contribution in [0.3, 0.4) is 0 Å². The van der Waals surface area contributed by atoms with Crippen molar-refractivity contribution in [2.75, 3.05) is 6.61 Å². The van der Waals surface area contributed by atoms with Crippen molar-refractivity contribution in [2.45, 2.75) is 6.18 Å². The number of nitrogens with zero attached hydrogens (tertiary/aromatic N) is 2. The summed E-state index contributed by atoms with van der Waals surface area (Å²) in [4.78, 5) is 22.1. The van der Waals surface area contributed by atoms with Gasteiger partial charge in [-0.1, -0.05) is 24.3 Å². The van der Waals surface area contributed by atoms with Gasteiger partial charge in [-0.2, -0.15) is 18.3 Å². The molecule has 160 valence electrons. The fraction of sp³-hybridized carbons (Fsp3) is 0.100. The molecule has 1 aromatic heterocycles. The summed E-state index contributed by atoms with van der Waals surface area (Å²) in [6.07, 6.45) is -3.32. The predicted molar refractivity (Wildman–Crippen MR) is 103 cm³/mol. The van der Waals surface area contributed by atoms with E-state index >= 15 is 0 Å². The van der Waals surface area contributed by atoms with Gasteiger partial charge in [-0.25, -0.2) is 5.43 Å². The summed E-state index contributed by atoms with van der Waals surface area (Å²) in [7, 11) is 0. The number of carbonyl (C=O) groups excluding carboxylic acids is 1. The highest BCUT2D eigenvalue weighted by Crippen LogP contribution is 2.32. The number of alkyl halides is 3. The van der Waals surface area contributed by atoms with E-state index in [9.17, 15) is 28.1 Å². The molecule has 0 fully saturated rings. The van der Waals surface area contributed by atoms with E-state index in [0.29, 0.717) is 0 Å². The molecule has 3 rings (SSSR count). The summed E-state index contributed by atoms with van der Waals surface area (Å²) >= 11 is 0. The van der Waals surface area contributed by atoms with Gasteiger partial charge in [0.2, 0.25) is 0 Å². The minimum Gasteiger partial charge on any atom is -0.477 e. The lowest BCUT2D eigenvalue weighted by Crippen LogP contribution is -2.24. The first-order valence-corrected chi connectivity index (χ1v) is 8.69. The summed E-state index contributed by atoms with van der Waals surface area (Å²) in [5.41, 5.74) is 1.30. The van der Waals surface area contributed by atoms with Crippen molar-refractivity contribution in [3.05, 3.63) is 82.1 Å². The third kappa shape index (κ3) is 5.69. The molecule has 3 aromatic rings. The van der Waals surface area contributed by atoms with Crippen LogP contribution < -0.4 is 10.2 Å². The van der Waals surface area contributed by atoms with E-state index < -0.39 is 29.2 Å². The molecule has 0 saturated carbocycles. The molecule has 1 N–H and O–H groups in total. The number of nitro groups is 1. The van der Waals surface area contributed by atoms with E-state index in [1.807, 2.05) is 0 Å². The molecule has 2 aromatic carbocycles. The SMILES string of the molecule is O=C(COc1ccccc1[N+](=O)[O-])N/N=C/c1ccc(-c2cccc(C(F)(F)F)c2)o1. The van der Waals surface area contributed by atoms with Crippen LogP contribution in [0, 0.1) is 10.1 Å². The Kier molecular flexibility index (Phi) is 6.34. The average molecular weight is 433 g/mol. The number of ether oxygens (including phenoxy) is 1. The Morgan fingerprint density at radius 2 is 1.94 bits per heavy atom. The highest BCUT2D eigenvalue weighted by atomic mass is 19.4. The van der Waals surface area contributed by atoms with Crippen molar-refractivity contribution in [1.82, 2.24) is 5.43 Å². The van der Waals surface area contributed by atoms with Crippen LogP contribution in [0.25, 0.3) is 11.3 Å². The maximum Gasteiger partial charge on any atom is 0.416 e. The molecule has 0 radical (unpaired) electrons. The van der Waals surface area contributed by atoms with Crippen molar-refractivity contribution >= 4 is 17.8 Å². The topological polar surface area (TPSA) is 107 Å². The number of hydrogen-bond acceptors (Lipinski definition) is 6. The third-order valence-corrected chi connectivity index (χ3v) is 3.90. The van der Waals surface area contributed by atoms with Gasteiger partial charge in [0.1, 0.15) is 11.5 Å². The number of hydrazone groups is 1. The first-order valence-electron chi connectivity index (χ1n) is 8.69. The second-order valence-electron chi connectivity index (χ2n) is 6.09. The molecule has 0 bridgehead atoms. The standard InChI is InChI=1S/C20H14F3N3O5/c21-20(22,23)14-5-3-4-13(10-14)17-9-8-15(31-17)11-24-25-19(27)12-30-18-7-2-1-6-16(18)26(28)29/h1-11H,12H2,(H,25,27)/b24-11+. The highest BCUT2D eigenvalue weighted by molar-refractivity contribution is 5.81. The summed E-state index contributed by atoms with van der Waals surface area (Å²) < 4.78 is 49.0. The normalized spacial score (nSPS) is 11.5. The van der Waals surface area contributed by atoms with Crippen LogP contribution >= 0.6 is 0 Å². The number of nitrogens with one attached hydrogen (secondary N) is 1. The number of halogens is 3. The van der Waals surface area contributed by atoms with Gasteiger partial charge >= 0.3 is 11.9 Å². The van der Waals surface area contributed by atoms with Crippen LogP contribution in [0.4, 0.5) is 18.9 Å². The molecule has 11 heteroatoms. The van der Waals surface area contributed by atoms with Crippen molar-refractivity contribution in [2.24, 2.45) is 5.10 Å². The maximum atomic E-state index is 12.8. The maximum absolute atomic E-state index is 12.8. The zero-order chi connectivity index (χ0) is 22.4. The smallest absolute Gasteiger partial charge is 0.416 e. The molecule has 0 atom stereocenters. The van der Waals surface area contributed by atoms with E-state index in [0.717, 1.165) is 18.3 Å². The number of furan rings is 1. The van der Waals surface area contributed by atoms with Gasteiger partial charge < -0.3 is 9.15 Å². The second kappa shape index (κ2) is 9.11. The largest absolute Gasteiger partial charge is 0.477 e. The van der Waals surface area contributed by atoms with Gasteiger partial charge in [-0.05, 0) is 30.3 Å². The summed E-state index contributed by atoms with van der Waals surface area (Å²) in [5, 5.41) is 14.6. The molecule has 1 amide bonds. The lowest BCUT2D eigenvalue weighted by Gasteiger charge is -2.07. The number of hydrogen-bond donors (Lipinski definition) is 1. The number of amides is 1.